The molecule has 1 fully saturated rings. The quantitative estimate of drug-likeness (QED) is 0.830. The van der Waals surface area contributed by atoms with Gasteiger partial charge in [0.1, 0.15) is 0 Å². The molecule has 1 aliphatic carbocycles. The first-order valence-corrected chi connectivity index (χ1v) is 6.74. The fourth-order valence-corrected chi connectivity index (χ4v) is 2.56. The molecule has 1 aromatic carbocycles. The van der Waals surface area contributed by atoms with E-state index in [1.807, 2.05) is 12.1 Å². The fraction of sp³-hybridized carbons (Fsp3) is 0.562. The largest absolute Gasteiger partial charge is 0.329 e. The molecule has 0 spiro atoms. The number of carbonyl (C=O) groups excluding carboxylic acids is 1. The van der Waals surface area contributed by atoms with E-state index in [2.05, 4.69) is 32.9 Å². The lowest BCUT2D eigenvalue weighted by atomic mass is 9.64. The Morgan fingerprint density at radius 2 is 1.78 bits per heavy atom. The van der Waals surface area contributed by atoms with Gasteiger partial charge < -0.3 is 5.73 Å². The van der Waals surface area contributed by atoms with E-state index in [4.69, 9.17) is 5.73 Å². The molecule has 1 aromatic rings. The van der Waals surface area contributed by atoms with Gasteiger partial charge in [-0.2, -0.15) is 0 Å². The molecular formula is C16H23NO. The van der Waals surface area contributed by atoms with Crippen molar-refractivity contribution >= 4 is 5.78 Å². The second-order valence-corrected chi connectivity index (χ2v) is 6.49. The van der Waals surface area contributed by atoms with Crippen LogP contribution in [0.2, 0.25) is 0 Å². The van der Waals surface area contributed by atoms with Gasteiger partial charge in [0.2, 0.25) is 0 Å². The van der Waals surface area contributed by atoms with Crippen LogP contribution in [0, 0.1) is 5.41 Å². The topological polar surface area (TPSA) is 43.1 Å². The number of carbonyl (C=O) groups is 1. The molecule has 2 N–H and O–H groups in total. The second-order valence-electron chi connectivity index (χ2n) is 6.49. The zero-order valence-electron chi connectivity index (χ0n) is 11.6. The lowest BCUT2D eigenvalue weighted by molar-refractivity contribution is 0.0636. The number of nitrogens with two attached hydrogens (primary N) is 1. The minimum absolute atomic E-state index is 0.129. The molecule has 2 rings (SSSR count). The highest BCUT2D eigenvalue weighted by Crippen LogP contribution is 2.42. The SMILES string of the molecule is CC(C)(C)c1ccc(C(=O)C2(CN)CCC2)cc1. The van der Waals surface area contributed by atoms with Crippen molar-refractivity contribution in [2.45, 2.75) is 45.4 Å². The van der Waals surface area contributed by atoms with Crippen molar-refractivity contribution in [3.05, 3.63) is 35.4 Å². The van der Waals surface area contributed by atoms with E-state index >= 15 is 0 Å². The molecule has 0 radical (unpaired) electrons. The van der Waals surface area contributed by atoms with E-state index in [1.54, 1.807) is 0 Å². The standard InChI is InChI=1S/C16H23NO/c1-15(2,3)13-7-5-12(6-8-13)14(18)16(11-17)9-4-10-16/h5-8H,4,9-11,17H2,1-3H3. The molecule has 0 aliphatic heterocycles. The van der Waals surface area contributed by atoms with Gasteiger partial charge in [-0.3, -0.25) is 4.79 Å². The van der Waals surface area contributed by atoms with E-state index in [0.717, 1.165) is 24.8 Å². The summed E-state index contributed by atoms with van der Waals surface area (Å²) in [5, 5.41) is 0. The Morgan fingerprint density at radius 3 is 2.11 bits per heavy atom. The third-order valence-electron chi connectivity index (χ3n) is 4.20. The zero-order chi connectivity index (χ0) is 13.4. The molecule has 0 atom stereocenters. The van der Waals surface area contributed by atoms with E-state index in [9.17, 15) is 4.79 Å². The highest BCUT2D eigenvalue weighted by Gasteiger charge is 2.42. The molecule has 1 saturated carbocycles. The van der Waals surface area contributed by atoms with Gasteiger partial charge in [-0.05, 0) is 23.8 Å². The van der Waals surface area contributed by atoms with E-state index < -0.39 is 0 Å². The Bertz CT molecular complexity index is 430. The summed E-state index contributed by atoms with van der Waals surface area (Å²) in [7, 11) is 0. The fourth-order valence-electron chi connectivity index (χ4n) is 2.56. The van der Waals surface area contributed by atoms with Crippen molar-refractivity contribution in [1.82, 2.24) is 0 Å². The van der Waals surface area contributed by atoms with Crippen molar-refractivity contribution in [3.63, 3.8) is 0 Å². The molecule has 1 aliphatic rings. The molecule has 0 aromatic heterocycles. The maximum absolute atomic E-state index is 12.5. The summed E-state index contributed by atoms with van der Waals surface area (Å²) < 4.78 is 0. The normalized spacial score (nSPS) is 18.2. The predicted octanol–water partition coefficient (Wildman–Crippen LogP) is 3.30. The van der Waals surface area contributed by atoms with Gasteiger partial charge in [-0.1, -0.05) is 51.5 Å². The van der Waals surface area contributed by atoms with Gasteiger partial charge in [-0.25, -0.2) is 0 Å². The summed E-state index contributed by atoms with van der Waals surface area (Å²) in [6.45, 7) is 7.01. The second kappa shape index (κ2) is 4.51. The van der Waals surface area contributed by atoms with E-state index in [0.29, 0.717) is 6.54 Å². The van der Waals surface area contributed by atoms with Crippen LogP contribution in [0.25, 0.3) is 0 Å². The molecule has 0 bridgehead atoms. The molecule has 18 heavy (non-hydrogen) atoms. The lowest BCUT2D eigenvalue weighted by Crippen LogP contribution is -2.44. The average molecular weight is 245 g/mol. The minimum atomic E-state index is -0.261. The first-order valence-electron chi connectivity index (χ1n) is 6.74. The Hall–Kier alpha value is -1.15. The maximum Gasteiger partial charge on any atom is 0.170 e. The van der Waals surface area contributed by atoms with Crippen molar-refractivity contribution in [2.24, 2.45) is 11.1 Å². The van der Waals surface area contributed by atoms with Crippen LogP contribution in [0.3, 0.4) is 0 Å². The molecule has 0 amide bonds. The Balaban J connectivity index is 2.22. The number of ketones is 1. The van der Waals surface area contributed by atoms with E-state index in [-0.39, 0.29) is 16.6 Å². The molecule has 98 valence electrons. The van der Waals surface area contributed by atoms with Gasteiger partial charge >= 0.3 is 0 Å². The molecule has 0 unspecified atom stereocenters. The van der Waals surface area contributed by atoms with Crippen molar-refractivity contribution in [3.8, 4) is 0 Å². The predicted molar refractivity (Wildman–Crippen MR) is 74.8 cm³/mol. The van der Waals surface area contributed by atoms with Gasteiger partial charge in [0, 0.05) is 17.5 Å². The van der Waals surface area contributed by atoms with Crippen molar-refractivity contribution in [2.75, 3.05) is 6.54 Å². The van der Waals surface area contributed by atoms with Crippen LogP contribution in [0.15, 0.2) is 24.3 Å². The van der Waals surface area contributed by atoms with Gasteiger partial charge in [0.25, 0.3) is 0 Å². The van der Waals surface area contributed by atoms with Crippen LogP contribution < -0.4 is 5.73 Å². The average Bonchev–Trinajstić information content (AvgIpc) is 2.27. The molecule has 0 saturated heterocycles. The number of hydrogen-bond donors (Lipinski definition) is 1. The molecule has 0 heterocycles. The summed E-state index contributed by atoms with van der Waals surface area (Å²) in [6.07, 6.45) is 3.02. The first-order chi connectivity index (χ1) is 8.39. The van der Waals surface area contributed by atoms with E-state index in [1.165, 1.54) is 5.56 Å². The van der Waals surface area contributed by atoms with Crippen molar-refractivity contribution in [1.29, 1.82) is 0 Å². The number of Topliss-reactive ketones (excluding diaryl/α,β-unsaturated/α-hetero) is 1. The minimum Gasteiger partial charge on any atom is -0.329 e. The summed E-state index contributed by atoms with van der Waals surface area (Å²) in [6, 6.07) is 8.05. The van der Waals surface area contributed by atoms with Gasteiger partial charge in [0.05, 0.1) is 0 Å². The monoisotopic (exact) mass is 245 g/mol. The summed E-state index contributed by atoms with van der Waals surface area (Å²) in [5.74, 6) is 0.233. The van der Waals surface area contributed by atoms with Crippen LogP contribution in [-0.4, -0.2) is 12.3 Å². The Labute approximate surface area is 110 Å². The van der Waals surface area contributed by atoms with Gasteiger partial charge in [-0.15, -0.1) is 0 Å². The third kappa shape index (κ3) is 2.22. The van der Waals surface area contributed by atoms with Crippen molar-refractivity contribution < 1.29 is 4.79 Å². The zero-order valence-corrected chi connectivity index (χ0v) is 11.6. The van der Waals surface area contributed by atoms with Crippen LogP contribution in [0.1, 0.15) is 56.0 Å². The van der Waals surface area contributed by atoms with Crippen LogP contribution >= 0.6 is 0 Å². The highest BCUT2D eigenvalue weighted by atomic mass is 16.1. The third-order valence-corrected chi connectivity index (χ3v) is 4.20. The maximum atomic E-state index is 12.5. The summed E-state index contributed by atoms with van der Waals surface area (Å²) in [5.41, 5.74) is 7.73. The lowest BCUT2D eigenvalue weighted by Gasteiger charge is -2.39. The van der Waals surface area contributed by atoms with Crippen LogP contribution in [-0.2, 0) is 5.41 Å². The number of hydrogen-bond acceptors (Lipinski definition) is 2. The summed E-state index contributed by atoms with van der Waals surface area (Å²) in [4.78, 5) is 12.5. The highest BCUT2D eigenvalue weighted by molar-refractivity contribution is 6.01. The first kappa shape index (κ1) is 13.3. The van der Waals surface area contributed by atoms with Gasteiger partial charge in [0.15, 0.2) is 5.78 Å². The summed E-state index contributed by atoms with van der Waals surface area (Å²) >= 11 is 0. The van der Waals surface area contributed by atoms with Crippen LogP contribution in [0.5, 0.6) is 0 Å². The smallest absolute Gasteiger partial charge is 0.170 e. The molecule has 2 heteroatoms. The number of benzene rings is 1. The Kier molecular flexibility index (Phi) is 3.33. The van der Waals surface area contributed by atoms with Crippen LogP contribution in [0.4, 0.5) is 0 Å². The molecular weight excluding hydrogens is 222 g/mol. The molecule has 2 nitrogen and oxygen atoms in total. The number of rotatable bonds is 3. The Morgan fingerprint density at radius 1 is 1.22 bits per heavy atom.